The van der Waals surface area contributed by atoms with Crippen LogP contribution in [0.2, 0.25) is 0 Å². The van der Waals surface area contributed by atoms with Crippen LogP contribution in [0.15, 0.2) is 193 Å². The van der Waals surface area contributed by atoms with Gasteiger partial charge in [0, 0.05) is 42.9 Å². The van der Waals surface area contributed by atoms with E-state index in [-0.39, 0.29) is 0 Å². The van der Waals surface area contributed by atoms with Gasteiger partial charge in [-0.25, -0.2) is 0 Å². The van der Waals surface area contributed by atoms with Gasteiger partial charge in [0.25, 0.3) is 0 Å². The summed E-state index contributed by atoms with van der Waals surface area (Å²) in [7, 11) is 0. The van der Waals surface area contributed by atoms with Crippen molar-refractivity contribution in [3.8, 4) is 45.3 Å². The Labute approximate surface area is 347 Å². The maximum Gasteiger partial charge on any atom is 0.194 e. The van der Waals surface area contributed by atoms with Crippen molar-refractivity contribution in [2.45, 2.75) is 30.6 Å². The normalized spacial score (nSPS) is 18.9. The summed E-state index contributed by atoms with van der Waals surface area (Å²) in [4.78, 5) is 2.38. The Hall–Kier alpha value is -6.88. The molecule has 0 saturated carbocycles. The van der Waals surface area contributed by atoms with Crippen molar-refractivity contribution in [2.24, 2.45) is 0 Å². The maximum absolute atomic E-state index is 7.26. The Kier molecular flexibility index (Phi) is 7.05. The van der Waals surface area contributed by atoms with E-state index < -0.39 is 5.41 Å². The van der Waals surface area contributed by atoms with Crippen LogP contribution >= 0.6 is 11.3 Å². The summed E-state index contributed by atoms with van der Waals surface area (Å²) >= 11 is 1.87. The van der Waals surface area contributed by atoms with Gasteiger partial charge in [-0.15, -0.1) is 11.3 Å². The second-order valence-corrected chi connectivity index (χ2v) is 17.2. The lowest BCUT2D eigenvalue weighted by Crippen LogP contribution is -2.27. The summed E-state index contributed by atoms with van der Waals surface area (Å²) in [6.45, 7) is 0. The Bertz CT molecular complexity index is 3230. The van der Waals surface area contributed by atoms with E-state index in [1.165, 1.54) is 70.3 Å². The van der Waals surface area contributed by atoms with Crippen LogP contribution in [0.4, 0.5) is 11.4 Å². The minimum absolute atomic E-state index is 0.333. The molecule has 4 heteroatoms. The summed E-state index contributed by atoms with van der Waals surface area (Å²) in [6, 6.07) is 53.2. The van der Waals surface area contributed by atoms with E-state index in [0.29, 0.717) is 17.4 Å². The third-order valence-corrected chi connectivity index (χ3v) is 14.4. The van der Waals surface area contributed by atoms with Gasteiger partial charge in [-0.1, -0.05) is 140 Å². The predicted molar refractivity (Wildman–Crippen MR) is 243 cm³/mol. The zero-order valence-electron chi connectivity index (χ0n) is 32.2. The molecule has 7 aromatic carbocycles. The second-order valence-electron chi connectivity index (χ2n) is 16.1. The van der Waals surface area contributed by atoms with Gasteiger partial charge in [-0.05, 0) is 101 Å². The van der Waals surface area contributed by atoms with Crippen LogP contribution < -0.4 is 14.4 Å². The lowest BCUT2D eigenvalue weighted by molar-refractivity contribution is 0.360. The van der Waals surface area contributed by atoms with Gasteiger partial charge in [0.05, 0.1) is 16.8 Å². The Morgan fingerprint density at radius 1 is 0.576 bits per heavy atom. The number of benzene rings is 7. The highest BCUT2D eigenvalue weighted by atomic mass is 32.1. The molecule has 2 atom stereocenters. The first-order valence-corrected chi connectivity index (χ1v) is 21.5. The summed E-state index contributed by atoms with van der Waals surface area (Å²) < 4.78 is 16.8. The molecule has 0 fully saturated rings. The molecule has 2 unspecified atom stereocenters. The SMILES string of the molecule is C1=CCC2C(=C1)C1(c3ccccc3-c3cc4c(cc31)Oc1c(cccc1N(C1=CCCC=C1)c1ccccc1-c1cccc3c1sc1ccccc13)O4)c1ccccc12. The van der Waals surface area contributed by atoms with Gasteiger partial charge in [0.1, 0.15) is 0 Å². The quantitative estimate of drug-likeness (QED) is 0.178. The van der Waals surface area contributed by atoms with Crippen molar-refractivity contribution < 1.29 is 9.47 Å². The van der Waals surface area contributed by atoms with E-state index in [9.17, 15) is 0 Å². The summed E-state index contributed by atoms with van der Waals surface area (Å²) in [5, 5.41) is 2.59. The average molecular weight is 776 g/mol. The molecule has 1 aromatic heterocycles. The fraction of sp³-hybridized carbons (Fsp3) is 0.0909. The smallest absolute Gasteiger partial charge is 0.194 e. The second kappa shape index (κ2) is 12.6. The van der Waals surface area contributed by atoms with Crippen molar-refractivity contribution in [3.63, 3.8) is 0 Å². The van der Waals surface area contributed by atoms with Crippen molar-refractivity contribution >= 4 is 42.9 Å². The zero-order valence-corrected chi connectivity index (χ0v) is 33.0. The van der Waals surface area contributed by atoms with Crippen LogP contribution in [0.1, 0.15) is 47.4 Å². The molecule has 4 aliphatic carbocycles. The van der Waals surface area contributed by atoms with Crippen LogP contribution in [0.3, 0.4) is 0 Å². The minimum Gasteiger partial charge on any atom is -0.449 e. The van der Waals surface area contributed by atoms with Crippen molar-refractivity contribution in [3.05, 3.63) is 216 Å². The molecule has 1 spiro atoms. The summed E-state index contributed by atoms with van der Waals surface area (Å²) in [5.41, 5.74) is 14.4. The number of hydrogen-bond acceptors (Lipinski definition) is 4. The number of thiophene rings is 1. The van der Waals surface area contributed by atoms with E-state index in [1.54, 1.807) is 0 Å². The highest BCUT2D eigenvalue weighted by molar-refractivity contribution is 7.26. The number of para-hydroxylation sites is 2. The van der Waals surface area contributed by atoms with Gasteiger partial charge in [0.2, 0.25) is 0 Å². The van der Waals surface area contributed by atoms with E-state index in [4.69, 9.17) is 9.47 Å². The van der Waals surface area contributed by atoms with Crippen molar-refractivity contribution in [1.29, 1.82) is 0 Å². The molecule has 8 aromatic rings. The van der Waals surface area contributed by atoms with Gasteiger partial charge in [-0.3, -0.25) is 0 Å². The highest BCUT2D eigenvalue weighted by Crippen LogP contribution is 2.67. The summed E-state index contributed by atoms with van der Waals surface area (Å²) in [6.07, 6.45) is 16.8. The third-order valence-electron chi connectivity index (χ3n) is 13.1. The maximum atomic E-state index is 7.26. The lowest BCUT2D eigenvalue weighted by atomic mass is 9.69. The molecule has 59 heavy (non-hydrogen) atoms. The van der Waals surface area contributed by atoms with E-state index >= 15 is 0 Å². The molecule has 0 saturated heterocycles. The number of fused-ring (bicyclic) bond motifs is 15. The lowest BCUT2D eigenvalue weighted by Gasteiger charge is -2.34. The fourth-order valence-electron chi connectivity index (χ4n) is 10.8. The predicted octanol–water partition coefficient (Wildman–Crippen LogP) is 15.3. The third kappa shape index (κ3) is 4.58. The first kappa shape index (κ1) is 33.1. The number of nitrogens with zero attached hydrogens (tertiary/aromatic N) is 1. The first-order chi connectivity index (χ1) is 29.3. The van der Waals surface area contributed by atoms with Gasteiger partial charge >= 0.3 is 0 Å². The number of allylic oxidation sites excluding steroid dienone is 7. The van der Waals surface area contributed by atoms with E-state index in [2.05, 4.69) is 181 Å². The topological polar surface area (TPSA) is 21.7 Å². The monoisotopic (exact) mass is 775 g/mol. The Morgan fingerprint density at radius 2 is 1.34 bits per heavy atom. The molecule has 280 valence electrons. The van der Waals surface area contributed by atoms with Gasteiger partial charge < -0.3 is 14.4 Å². The average Bonchev–Trinajstić information content (AvgIpc) is 3.92. The van der Waals surface area contributed by atoms with Crippen LogP contribution in [-0.2, 0) is 5.41 Å². The van der Waals surface area contributed by atoms with Gasteiger partial charge in [0.15, 0.2) is 23.0 Å². The van der Waals surface area contributed by atoms with Crippen molar-refractivity contribution in [2.75, 3.05) is 4.90 Å². The van der Waals surface area contributed by atoms with Crippen LogP contribution in [-0.4, -0.2) is 0 Å². The highest BCUT2D eigenvalue weighted by Gasteiger charge is 2.55. The summed E-state index contributed by atoms with van der Waals surface area (Å²) in [5.74, 6) is 3.22. The fourth-order valence-corrected chi connectivity index (χ4v) is 12.0. The molecule has 1 aliphatic heterocycles. The molecule has 0 N–H and O–H groups in total. The molecule has 2 heterocycles. The molecule has 5 aliphatic rings. The number of anilines is 2. The van der Waals surface area contributed by atoms with Crippen LogP contribution in [0.25, 0.3) is 42.4 Å². The Balaban J connectivity index is 0.997. The molecular weight excluding hydrogens is 739 g/mol. The van der Waals surface area contributed by atoms with Crippen molar-refractivity contribution in [1.82, 2.24) is 0 Å². The van der Waals surface area contributed by atoms with Gasteiger partial charge in [-0.2, -0.15) is 0 Å². The van der Waals surface area contributed by atoms with Crippen LogP contribution in [0, 0.1) is 0 Å². The molecular formula is C55H37NO2S. The molecule has 3 nitrogen and oxygen atoms in total. The largest absolute Gasteiger partial charge is 0.449 e. The number of ether oxygens (including phenoxy) is 2. The number of hydrogen-bond donors (Lipinski definition) is 0. The van der Waals surface area contributed by atoms with E-state index in [1.807, 2.05) is 17.4 Å². The minimum atomic E-state index is -0.410. The Morgan fingerprint density at radius 3 is 2.27 bits per heavy atom. The van der Waals surface area contributed by atoms with E-state index in [0.717, 1.165) is 47.8 Å². The zero-order chi connectivity index (χ0) is 38.7. The van der Waals surface area contributed by atoms with Crippen LogP contribution in [0.5, 0.6) is 23.0 Å². The molecule has 0 bridgehead atoms. The molecule has 0 amide bonds. The number of rotatable bonds is 4. The first-order valence-electron chi connectivity index (χ1n) is 20.7. The molecule has 13 rings (SSSR count). The molecule has 0 radical (unpaired) electrons. The standard InChI is InChI=1S/C55H37NO2S/c1-2-16-34(17-3-1)56(47-28-12-7-21-38(47)40-23-14-24-41-39-22-8-13-31-52(39)59-54(40)41)48-29-15-30-49-53(48)58-51-33-46-42(32-50(51)57-49)37-20-6-11-27-45(37)55(46)43-25-9-4-18-35(43)36-19-5-10-26-44(36)55/h2,4-18,20-33,36H,1,3,19H2.